The highest BCUT2D eigenvalue weighted by Gasteiger charge is 2.24. The first-order valence-corrected chi connectivity index (χ1v) is 11.4. The van der Waals surface area contributed by atoms with Crippen molar-refractivity contribution in [1.82, 2.24) is 15.0 Å². The van der Waals surface area contributed by atoms with Gasteiger partial charge >= 0.3 is 5.97 Å². The Hall–Kier alpha value is -3.46. The fourth-order valence-electron chi connectivity index (χ4n) is 4.47. The van der Waals surface area contributed by atoms with Gasteiger partial charge in [0.05, 0.1) is 24.8 Å². The Morgan fingerprint density at radius 1 is 1.09 bits per heavy atom. The highest BCUT2D eigenvalue weighted by Crippen LogP contribution is 2.33. The highest BCUT2D eigenvalue weighted by atomic mass is 16.5. The van der Waals surface area contributed by atoms with Crippen molar-refractivity contribution in [3.05, 3.63) is 48.4 Å². The first-order chi connectivity index (χ1) is 16.2. The molecule has 0 unspecified atom stereocenters. The first kappa shape index (κ1) is 21.4. The Bertz CT molecular complexity index is 1130. The van der Waals surface area contributed by atoms with Crippen molar-refractivity contribution in [3.63, 3.8) is 0 Å². The van der Waals surface area contributed by atoms with E-state index in [1.165, 1.54) is 6.07 Å². The SMILES string of the molecule is O=C(O)c1cccc(N[C@H]2CC[C@@H](Oc3cc(N4CCOCC4)cc4nccnc34)CC2)n1. The number of fused-ring (bicyclic) bond motifs is 1. The molecular weight excluding hydrogens is 422 g/mol. The molecule has 0 bridgehead atoms. The molecule has 2 N–H and O–H groups in total. The van der Waals surface area contributed by atoms with Crippen molar-refractivity contribution in [2.75, 3.05) is 36.5 Å². The average Bonchev–Trinajstić information content (AvgIpc) is 2.86. The number of anilines is 2. The Morgan fingerprint density at radius 3 is 2.67 bits per heavy atom. The number of carbonyl (C=O) groups is 1. The number of carboxylic acid groups (broad SMARTS) is 1. The van der Waals surface area contributed by atoms with Crippen molar-refractivity contribution in [2.45, 2.75) is 37.8 Å². The van der Waals surface area contributed by atoms with Crippen molar-refractivity contribution >= 4 is 28.5 Å². The van der Waals surface area contributed by atoms with Crippen molar-refractivity contribution in [3.8, 4) is 5.75 Å². The first-order valence-electron chi connectivity index (χ1n) is 11.4. The summed E-state index contributed by atoms with van der Waals surface area (Å²) >= 11 is 0. The molecular formula is C24H27N5O4. The zero-order valence-corrected chi connectivity index (χ0v) is 18.3. The van der Waals surface area contributed by atoms with Gasteiger partial charge in [-0.15, -0.1) is 0 Å². The zero-order chi connectivity index (χ0) is 22.6. The molecule has 1 aliphatic carbocycles. The summed E-state index contributed by atoms with van der Waals surface area (Å²) in [5, 5.41) is 12.5. The number of nitrogens with one attached hydrogen (secondary N) is 1. The number of nitrogens with zero attached hydrogens (tertiary/aromatic N) is 4. The summed E-state index contributed by atoms with van der Waals surface area (Å²) in [6, 6.07) is 9.39. The van der Waals surface area contributed by atoms with Crippen LogP contribution in [0.15, 0.2) is 42.7 Å². The minimum Gasteiger partial charge on any atom is -0.488 e. The summed E-state index contributed by atoms with van der Waals surface area (Å²) in [4.78, 5) is 26.7. The predicted molar refractivity (Wildman–Crippen MR) is 124 cm³/mol. The standard InChI is InChI=1S/C24H27N5O4/c30-24(31)19-2-1-3-22(28-19)27-16-4-6-18(7-5-16)33-21-15-17(29-10-12-32-13-11-29)14-20-23(21)26-9-8-25-20/h1-3,8-9,14-16,18H,4-7,10-13H2,(H,27,28)(H,30,31)/t16-,18+. The third-order valence-electron chi connectivity index (χ3n) is 6.19. The lowest BCUT2D eigenvalue weighted by atomic mass is 9.93. The molecule has 0 spiro atoms. The number of aromatic carboxylic acids is 1. The number of carboxylic acids is 1. The van der Waals surface area contributed by atoms with Crippen molar-refractivity contribution in [1.29, 1.82) is 0 Å². The normalized spacial score (nSPS) is 21.0. The van der Waals surface area contributed by atoms with Crippen LogP contribution in [0.5, 0.6) is 5.75 Å². The van der Waals surface area contributed by atoms with E-state index in [2.05, 4.69) is 37.3 Å². The van der Waals surface area contributed by atoms with Gasteiger partial charge in [-0.2, -0.15) is 0 Å². The maximum atomic E-state index is 11.2. The Morgan fingerprint density at radius 2 is 1.88 bits per heavy atom. The molecule has 0 radical (unpaired) electrons. The van der Waals surface area contributed by atoms with E-state index >= 15 is 0 Å². The van der Waals surface area contributed by atoms with Crippen LogP contribution in [0.1, 0.15) is 36.2 Å². The number of pyridine rings is 1. The molecule has 1 saturated heterocycles. The molecule has 3 heterocycles. The van der Waals surface area contributed by atoms with Crippen LogP contribution in [0.4, 0.5) is 11.5 Å². The van der Waals surface area contributed by atoms with Gasteiger partial charge in [0.15, 0.2) is 5.69 Å². The molecule has 0 amide bonds. The van der Waals surface area contributed by atoms with Crippen LogP contribution < -0.4 is 15.0 Å². The van der Waals surface area contributed by atoms with Crippen LogP contribution in [0, 0.1) is 0 Å². The summed E-state index contributed by atoms with van der Waals surface area (Å²) in [6.45, 7) is 3.13. The summed E-state index contributed by atoms with van der Waals surface area (Å²) < 4.78 is 12.0. The second-order valence-electron chi connectivity index (χ2n) is 8.42. The van der Waals surface area contributed by atoms with E-state index in [1.807, 2.05) is 0 Å². The van der Waals surface area contributed by atoms with Gasteiger partial charge in [0.2, 0.25) is 0 Å². The summed E-state index contributed by atoms with van der Waals surface area (Å²) in [5.41, 5.74) is 2.74. The molecule has 1 saturated carbocycles. The predicted octanol–water partition coefficient (Wildman–Crippen LogP) is 3.36. The van der Waals surface area contributed by atoms with Gasteiger partial charge in [0.25, 0.3) is 0 Å². The number of ether oxygens (including phenoxy) is 2. The topological polar surface area (TPSA) is 110 Å². The van der Waals surface area contributed by atoms with Crippen molar-refractivity contribution < 1.29 is 19.4 Å². The molecule has 3 aromatic rings. The van der Waals surface area contributed by atoms with E-state index < -0.39 is 5.97 Å². The van der Waals surface area contributed by atoms with Crippen LogP contribution in [0.25, 0.3) is 11.0 Å². The van der Waals surface area contributed by atoms with E-state index in [0.29, 0.717) is 5.82 Å². The molecule has 33 heavy (non-hydrogen) atoms. The van der Waals surface area contributed by atoms with E-state index in [1.54, 1.807) is 24.5 Å². The smallest absolute Gasteiger partial charge is 0.354 e. The number of morpholine rings is 1. The maximum absolute atomic E-state index is 11.2. The van der Waals surface area contributed by atoms with Gasteiger partial charge in [-0.05, 0) is 43.9 Å². The molecule has 9 nitrogen and oxygen atoms in total. The van der Waals surface area contributed by atoms with Crippen LogP contribution >= 0.6 is 0 Å². The summed E-state index contributed by atoms with van der Waals surface area (Å²) in [5.74, 6) is 0.346. The Kier molecular flexibility index (Phi) is 6.21. The minimum absolute atomic E-state index is 0.0464. The molecule has 9 heteroatoms. The van der Waals surface area contributed by atoms with Gasteiger partial charge in [-0.25, -0.2) is 14.8 Å². The van der Waals surface area contributed by atoms with Crippen LogP contribution in [0.3, 0.4) is 0 Å². The number of rotatable bonds is 6. The van der Waals surface area contributed by atoms with Crippen LogP contribution in [-0.4, -0.2) is 64.5 Å². The molecule has 172 valence electrons. The van der Waals surface area contributed by atoms with Gasteiger partial charge in [0, 0.05) is 43.3 Å². The van der Waals surface area contributed by atoms with E-state index in [0.717, 1.165) is 74.5 Å². The fourth-order valence-corrected chi connectivity index (χ4v) is 4.47. The lowest BCUT2D eigenvalue weighted by molar-refractivity contribution is 0.0690. The number of hydrogen-bond donors (Lipinski definition) is 2. The largest absolute Gasteiger partial charge is 0.488 e. The molecule has 2 fully saturated rings. The molecule has 2 aromatic heterocycles. The molecule has 0 atom stereocenters. The molecule has 5 rings (SSSR count). The third-order valence-corrected chi connectivity index (χ3v) is 6.19. The number of aromatic nitrogens is 3. The zero-order valence-electron chi connectivity index (χ0n) is 18.3. The van der Waals surface area contributed by atoms with Crippen molar-refractivity contribution in [2.24, 2.45) is 0 Å². The van der Waals surface area contributed by atoms with Gasteiger partial charge in [0.1, 0.15) is 17.1 Å². The summed E-state index contributed by atoms with van der Waals surface area (Å²) in [7, 11) is 0. The van der Waals surface area contributed by atoms with E-state index in [-0.39, 0.29) is 17.8 Å². The third kappa shape index (κ3) is 4.98. The van der Waals surface area contributed by atoms with Gasteiger partial charge in [-0.1, -0.05) is 6.07 Å². The number of hydrogen-bond acceptors (Lipinski definition) is 8. The van der Waals surface area contributed by atoms with Gasteiger partial charge < -0.3 is 24.8 Å². The minimum atomic E-state index is -1.02. The van der Waals surface area contributed by atoms with Gasteiger partial charge in [-0.3, -0.25) is 4.98 Å². The molecule has 1 aromatic carbocycles. The monoisotopic (exact) mass is 449 g/mol. The quantitative estimate of drug-likeness (QED) is 0.585. The van der Waals surface area contributed by atoms with E-state index in [4.69, 9.17) is 14.6 Å². The Labute approximate surface area is 191 Å². The fraction of sp³-hybridized carbons (Fsp3) is 0.417. The highest BCUT2D eigenvalue weighted by molar-refractivity contribution is 5.86. The average molecular weight is 450 g/mol. The number of benzene rings is 1. The molecule has 1 aliphatic heterocycles. The van der Waals surface area contributed by atoms with Crippen LogP contribution in [0.2, 0.25) is 0 Å². The summed E-state index contributed by atoms with van der Waals surface area (Å²) in [6.07, 6.45) is 7.10. The second kappa shape index (κ2) is 9.58. The molecule has 2 aliphatic rings. The van der Waals surface area contributed by atoms with E-state index in [9.17, 15) is 4.79 Å². The maximum Gasteiger partial charge on any atom is 0.354 e. The lowest BCUT2D eigenvalue weighted by Gasteiger charge is -2.31. The lowest BCUT2D eigenvalue weighted by Crippen LogP contribution is -2.36. The Balaban J connectivity index is 1.26. The van der Waals surface area contributed by atoms with Crippen LogP contribution in [-0.2, 0) is 4.74 Å². The second-order valence-corrected chi connectivity index (χ2v) is 8.42.